The Balaban J connectivity index is 1.40. The van der Waals surface area contributed by atoms with E-state index in [0.717, 1.165) is 29.7 Å². The third-order valence-corrected chi connectivity index (χ3v) is 5.71. The fourth-order valence-electron chi connectivity index (χ4n) is 3.36. The molecule has 0 saturated carbocycles. The largest absolute Gasteiger partial charge is 0.335 e. The number of hydrogen-bond donors (Lipinski definition) is 2. The van der Waals surface area contributed by atoms with Gasteiger partial charge in [0.1, 0.15) is 0 Å². The standard InChI is InChI=1S/C20H21N5OS/c1-13-5-2-3-8-17(13)19-23-24-20(25(19)21)27-12-18(26)22-16-10-9-14-6-4-7-15(14)11-16/h2-3,5,8-11H,4,6-7,12,21H2,1H3,(H,22,26). The Morgan fingerprint density at radius 2 is 2.00 bits per heavy atom. The van der Waals surface area contributed by atoms with E-state index in [1.807, 2.05) is 37.3 Å². The van der Waals surface area contributed by atoms with Crippen LogP contribution in [0.25, 0.3) is 11.4 Å². The van der Waals surface area contributed by atoms with Crippen molar-refractivity contribution in [3.05, 3.63) is 59.2 Å². The highest BCUT2D eigenvalue weighted by molar-refractivity contribution is 7.99. The Morgan fingerprint density at radius 3 is 2.85 bits per heavy atom. The van der Waals surface area contributed by atoms with Crippen molar-refractivity contribution in [3.8, 4) is 11.4 Å². The zero-order chi connectivity index (χ0) is 18.8. The molecule has 1 aromatic heterocycles. The van der Waals surface area contributed by atoms with Crippen molar-refractivity contribution in [2.75, 3.05) is 16.9 Å². The number of hydrogen-bond acceptors (Lipinski definition) is 5. The second kappa shape index (κ2) is 7.44. The van der Waals surface area contributed by atoms with Crippen molar-refractivity contribution in [3.63, 3.8) is 0 Å². The maximum absolute atomic E-state index is 12.3. The van der Waals surface area contributed by atoms with Gasteiger partial charge in [0.15, 0.2) is 5.82 Å². The number of aryl methyl sites for hydroxylation is 3. The summed E-state index contributed by atoms with van der Waals surface area (Å²) in [5.41, 5.74) is 5.58. The molecular formula is C20H21N5OS. The van der Waals surface area contributed by atoms with Crippen LogP contribution in [0.3, 0.4) is 0 Å². The molecule has 0 bridgehead atoms. The van der Waals surface area contributed by atoms with Gasteiger partial charge in [-0.05, 0) is 55.0 Å². The highest BCUT2D eigenvalue weighted by Crippen LogP contribution is 2.26. The zero-order valence-electron chi connectivity index (χ0n) is 15.1. The Hall–Kier alpha value is -2.80. The van der Waals surface area contributed by atoms with Gasteiger partial charge in [0.25, 0.3) is 0 Å². The van der Waals surface area contributed by atoms with Crippen LogP contribution >= 0.6 is 11.8 Å². The van der Waals surface area contributed by atoms with Crippen LogP contribution in [0.4, 0.5) is 5.69 Å². The van der Waals surface area contributed by atoms with E-state index < -0.39 is 0 Å². The van der Waals surface area contributed by atoms with Crippen LogP contribution in [0.5, 0.6) is 0 Å². The van der Waals surface area contributed by atoms with E-state index in [4.69, 9.17) is 5.84 Å². The molecule has 1 amide bonds. The number of benzene rings is 2. The lowest BCUT2D eigenvalue weighted by Gasteiger charge is -2.08. The summed E-state index contributed by atoms with van der Waals surface area (Å²) in [5.74, 6) is 6.87. The maximum atomic E-state index is 12.3. The highest BCUT2D eigenvalue weighted by atomic mass is 32.2. The first-order chi connectivity index (χ1) is 13.1. The summed E-state index contributed by atoms with van der Waals surface area (Å²) in [6, 6.07) is 14.0. The lowest BCUT2D eigenvalue weighted by Crippen LogP contribution is -2.16. The predicted molar refractivity (Wildman–Crippen MR) is 108 cm³/mol. The lowest BCUT2D eigenvalue weighted by molar-refractivity contribution is -0.113. The molecular weight excluding hydrogens is 358 g/mol. The van der Waals surface area contributed by atoms with Crippen molar-refractivity contribution in [1.82, 2.24) is 14.9 Å². The van der Waals surface area contributed by atoms with E-state index in [9.17, 15) is 4.79 Å². The Labute approximate surface area is 162 Å². The number of nitrogens with zero attached hydrogens (tertiary/aromatic N) is 3. The Kier molecular flexibility index (Phi) is 4.85. The van der Waals surface area contributed by atoms with Gasteiger partial charge in [0.2, 0.25) is 11.1 Å². The molecule has 1 heterocycles. The molecule has 0 unspecified atom stereocenters. The minimum atomic E-state index is -0.0848. The smallest absolute Gasteiger partial charge is 0.234 e. The molecule has 138 valence electrons. The first kappa shape index (κ1) is 17.6. The Morgan fingerprint density at radius 1 is 1.19 bits per heavy atom. The quantitative estimate of drug-likeness (QED) is 0.525. The molecule has 0 aliphatic heterocycles. The zero-order valence-corrected chi connectivity index (χ0v) is 15.9. The van der Waals surface area contributed by atoms with Crippen LogP contribution in [-0.2, 0) is 17.6 Å². The summed E-state index contributed by atoms with van der Waals surface area (Å²) < 4.78 is 1.44. The molecule has 0 atom stereocenters. The van der Waals surface area contributed by atoms with E-state index in [1.54, 1.807) is 0 Å². The van der Waals surface area contributed by atoms with Crippen molar-refractivity contribution in [2.24, 2.45) is 0 Å². The van der Waals surface area contributed by atoms with Crippen molar-refractivity contribution < 1.29 is 4.79 Å². The van der Waals surface area contributed by atoms with E-state index in [0.29, 0.717) is 11.0 Å². The lowest BCUT2D eigenvalue weighted by atomic mass is 10.1. The van der Waals surface area contributed by atoms with Gasteiger partial charge in [-0.3, -0.25) is 4.79 Å². The van der Waals surface area contributed by atoms with E-state index in [2.05, 4.69) is 27.6 Å². The molecule has 3 N–H and O–H groups in total. The maximum Gasteiger partial charge on any atom is 0.234 e. The van der Waals surface area contributed by atoms with Gasteiger partial charge in [-0.15, -0.1) is 10.2 Å². The van der Waals surface area contributed by atoms with Crippen molar-refractivity contribution in [1.29, 1.82) is 0 Å². The fourth-order valence-corrected chi connectivity index (χ4v) is 4.02. The molecule has 1 aliphatic rings. The minimum Gasteiger partial charge on any atom is -0.335 e. The number of thioether (sulfide) groups is 1. The van der Waals surface area contributed by atoms with Crippen LogP contribution in [-0.4, -0.2) is 26.5 Å². The van der Waals surface area contributed by atoms with Gasteiger partial charge in [0, 0.05) is 11.3 Å². The number of rotatable bonds is 5. The number of aromatic nitrogens is 3. The first-order valence-electron chi connectivity index (χ1n) is 8.93. The molecule has 0 spiro atoms. The third-order valence-electron chi connectivity index (χ3n) is 4.77. The van der Waals surface area contributed by atoms with Crippen LogP contribution in [0, 0.1) is 6.92 Å². The molecule has 7 heteroatoms. The topological polar surface area (TPSA) is 85.8 Å². The summed E-state index contributed by atoms with van der Waals surface area (Å²) in [7, 11) is 0. The highest BCUT2D eigenvalue weighted by Gasteiger charge is 2.16. The first-order valence-corrected chi connectivity index (χ1v) is 9.91. The van der Waals surface area contributed by atoms with Crippen molar-refractivity contribution >= 4 is 23.4 Å². The number of carbonyl (C=O) groups excluding carboxylic acids is 1. The molecule has 0 radical (unpaired) electrons. The van der Waals surface area contributed by atoms with Crippen molar-refractivity contribution in [2.45, 2.75) is 31.3 Å². The average Bonchev–Trinajstić information content (AvgIpc) is 3.27. The predicted octanol–water partition coefficient (Wildman–Crippen LogP) is 3.19. The number of nitrogens with two attached hydrogens (primary N) is 1. The molecule has 6 nitrogen and oxygen atoms in total. The van der Waals surface area contributed by atoms with E-state index in [1.165, 1.54) is 34.0 Å². The summed E-state index contributed by atoms with van der Waals surface area (Å²) in [4.78, 5) is 12.3. The summed E-state index contributed by atoms with van der Waals surface area (Å²) >= 11 is 1.27. The van der Waals surface area contributed by atoms with Gasteiger partial charge in [-0.25, -0.2) is 4.68 Å². The van der Waals surface area contributed by atoms with Crippen LogP contribution in [0.2, 0.25) is 0 Å². The molecule has 27 heavy (non-hydrogen) atoms. The van der Waals surface area contributed by atoms with E-state index in [-0.39, 0.29) is 11.7 Å². The van der Waals surface area contributed by atoms with Gasteiger partial charge in [0.05, 0.1) is 5.75 Å². The molecule has 0 saturated heterocycles. The molecule has 4 rings (SSSR count). The van der Waals surface area contributed by atoms with Gasteiger partial charge in [-0.1, -0.05) is 42.1 Å². The average molecular weight is 379 g/mol. The second-order valence-corrected chi connectivity index (χ2v) is 7.61. The van der Waals surface area contributed by atoms with Crippen LogP contribution in [0.15, 0.2) is 47.6 Å². The molecule has 2 aromatic carbocycles. The number of nitrogens with one attached hydrogen (secondary N) is 1. The molecule has 1 aliphatic carbocycles. The number of anilines is 1. The fraction of sp³-hybridized carbons (Fsp3) is 0.250. The number of carbonyl (C=O) groups is 1. The number of fused-ring (bicyclic) bond motifs is 1. The third kappa shape index (κ3) is 3.68. The summed E-state index contributed by atoms with van der Waals surface area (Å²) in [5, 5.41) is 11.8. The van der Waals surface area contributed by atoms with Crippen LogP contribution in [0.1, 0.15) is 23.1 Å². The monoisotopic (exact) mass is 379 g/mol. The summed E-state index contributed by atoms with van der Waals surface area (Å²) in [6.45, 7) is 2.00. The minimum absolute atomic E-state index is 0.0848. The molecule has 0 fully saturated rings. The number of amides is 1. The summed E-state index contributed by atoms with van der Waals surface area (Å²) in [6.07, 6.45) is 3.42. The second-order valence-electron chi connectivity index (χ2n) is 6.66. The number of nitrogen functional groups attached to an aromatic ring is 1. The Bertz CT molecular complexity index is 998. The van der Waals surface area contributed by atoms with E-state index >= 15 is 0 Å². The molecule has 3 aromatic rings. The van der Waals surface area contributed by atoms with Crippen LogP contribution < -0.4 is 11.2 Å². The SMILES string of the molecule is Cc1ccccc1-c1nnc(SCC(=O)Nc2ccc3c(c2)CCC3)n1N. The van der Waals surface area contributed by atoms with Gasteiger partial charge >= 0.3 is 0 Å². The normalized spacial score (nSPS) is 12.8. The van der Waals surface area contributed by atoms with Gasteiger partial charge < -0.3 is 11.2 Å². The van der Waals surface area contributed by atoms with Gasteiger partial charge in [-0.2, -0.15) is 0 Å².